The van der Waals surface area contributed by atoms with Crippen LogP contribution in [0.25, 0.3) is 21.8 Å². The van der Waals surface area contributed by atoms with Crippen LogP contribution in [0.4, 0.5) is 0 Å². The first kappa shape index (κ1) is 28.6. The van der Waals surface area contributed by atoms with Crippen molar-refractivity contribution in [3.8, 4) is 11.8 Å². The Labute approximate surface area is 234 Å². The van der Waals surface area contributed by atoms with Gasteiger partial charge in [0.2, 0.25) is 17.7 Å². The highest BCUT2D eigenvalue weighted by Gasteiger charge is 2.17. The minimum atomic E-state index is -0.562. The van der Waals surface area contributed by atoms with Crippen LogP contribution in [0.1, 0.15) is 18.4 Å². The lowest BCUT2D eigenvalue weighted by Crippen LogP contribution is -2.47. The average Bonchev–Trinajstić information content (AvgIpc) is 3.00. The third kappa shape index (κ3) is 8.31. The standard InChI is InChI=1S/C18H12N2O.C14H23N3O2/c1-3-7-15-13(5-1)9-11-17(19-15)21-18-12-10-14-6-2-4-8-16(14)20-18;15-8-4-7-13(16)14(19)17-12(10-18)9-11-5-2-1-3-6-11/h1-12H;1-3,5-6,12-13,18H,4,7-10,15-16H2,(H,17,19)/t;12-,13-/m.1/s1. The van der Waals surface area contributed by atoms with E-state index in [2.05, 4.69) is 15.3 Å². The monoisotopic (exact) mass is 537 g/mol. The second-order valence-electron chi connectivity index (χ2n) is 9.40. The summed E-state index contributed by atoms with van der Waals surface area (Å²) >= 11 is 0. The maximum absolute atomic E-state index is 11.8. The highest BCUT2D eigenvalue weighted by molar-refractivity contribution is 5.82. The Morgan fingerprint density at radius 1 is 0.800 bits per heavy atom. The summed E-state index contributed by atoms with van der Waals surface area (Å²) in [7, 11) is 0. The Bertz CT molecular complexity index is 1440. The molecular weight excluding hydrogens is 502 g/mol. The van der Waals surface area contributed by atoms with Crippen molar-refractivity contribution in [3.63, 3.8) is 0 Å². The number of benzene rings is 3. The van der Waals surface area contributed by atoms with Gasteiger partial charge < -0.3 is 26.6 Å². The summed E-state index contributed by atoms with van der Waals surface area (Å²) in [5.41, 5.74) is 14.0. The summed E-state index contributed by atoms with van der Waals surface area (Å²) in [6.07, 6.45) is 1.87. The number of hydrogen-bond acceptors (Lipinski definition) is 7. The first-order valence-electron chi connectivity index (χ1n) is 13.4. The molecular formula is C32H35N5O3. The third-order valence-corrected chi connectivity index (χ3v) is 6.30. The fourth-order valence-corrected chi connectivity index (χ4v) is 4.15. The van der Waals surface area contributed by atoms with E-state index in [-0.39, 0.29) is 18.6 Å². The number of fused-ring (bicyclic) bond motifs is 2. The van der Waals surface area contributed by atoms with Gasteiger partial charge in [0.25, 0.3) is 0 Å². The molecule has 5 rings (SSSR count). The topological polar surface area (TPSA) is 136 Å². The molecule has 0 aliphatic rings. The number of aliphatic hydroxyl groups is 1. The van der Waals surface area contributed by atoms with Crippen LogP contribution in [0, 0.1) is 0 Å². The van der Waals surface area contributed by atoms with Crippen LogP contribution >= 0.6 is 0 Å². The zero-order valence-corrected chi connectivity index (χ0v) is 22.3. The summed E-state index contributed by atoms with van der Waals surface area (Å²) in [6.45, 7) is 0.415. The lowest BCUT2D eigenvalue weighted by molar-refractivity contribution is -0.123. The molecule has 0 saturated heterocycles. The molecule has 0 saturated carbocycles. The number of nitrogens with one attached hydrogen (secondary N) is 1. The van der Waals surface area contributed by atoms with E-state index in [0.29, 0.717) is 31.1 Å². The smallest absolute Gasteiger partial charge is 0.237 e. The van der Waals surface area contributed by atoms with Crippen LogP contribution in [0.5, 0.6) is 11.8 Å². The maximum atomic E-state index is 11.8. The number of hydrogen-bond donors (Lipinski definition) is 4. The van der Waals surface area contributed by atoms with Crippen LogP contribution in [0.15, 0.2) is 103 Å². The van der Waals surface area contributed by atoms with Gasteiger partial charge >= 0.3 is 0 Å². The lowest BCUT2D eigenvalue weighted by atomic mass is 10.1. The van der Waals surface area contributed by atoms with Crippen LogP contribution < -0.4 is 21.5 Å². The molecule has 2 atom stereocenters. The van der Waals surface area contributed by atoms with E-state index < -0.39 is 6.04 Å². The largest absolute Gasteiger partial charge is 0.421 e. The van der Waals surface area contributed by atoms with Gasteiger partial charge in [0.1, 0.15) is 0 Å². The van der Waals surface area contributed by atoms with Crippen molar-refractivity contribution >= 4 is 27.7 Å². The number of para-hydroxylation sites is 2. The first-order chi connectivity index (χ1) is 19.6. The molecule has 5 aromatic rings. The van der Waals surface area contributed by atoms with Crippen molar-refractivity contribution in [2.45, 2.75) is 31.3 Å². The number of nitrogens with two attached hydrogens (primary N) is 2. The van der Waals surface area contributed by atoms with E-state index in [0.717, 1.165) is 33.8 Å². The van der Waals surface area contributed by atoms with Crippen LogP contribution in [-0.2, 0) is 11.2 Å². The highest BCUT2D eigenvalue weighted by Crippen LogP contribution is 2.23. The van der Waals surface area contributed by atoms with Gasteiger partial charge in [-0.05, 0) is 55.6 Å². The molecule has 8 nitrogen and oxygen atoms in total. The Balaban J connectivity index is 0.000000186. The number of nitrogens with zero attached hydrogens (tertiary/aromatic N) is 2. The number of aromatic nitrogens is 2. The molecule has 2 heterocycles. The molecule has 0 radical (unpaired) electrons. The fourth-order valence-electron chi connectivity index (χ4n) is 4.15. The predicted octanol–water partition coefficient (Wildman–Crippen LogP) is 4.35. The molecule has 2 aromatic heterocycles. The minimum Gasteiger partial charge on any atom is -0.421 e. The molecule has 206 valence electrons. The normalized spacial score (nSPS) is 12.3. The van der Waals surface area contributed by atoms with Crippen molar-refractivity contribution in [2.24, 2.45) is 11.5 Å². The molecule has 0 fully saturated rings. The molecule has 8 heteroatoms. The zero-order valence-electron chi connectivity index (χ0n) is 22.3. The Morgan fingerprint density at radius 3 is 1.90 bits per heavy atom. The second-order valence-corrected chi connectivity index (χ2v) is 9.40. The van der Waals surface area contributed by atoms with Gasteiger partial charge in [-0.15, -0.1) is 0 Å². The van der Waals surface area contributed by atoms with Crippen LogP contribution in [-0.4, -0.2) is 46.2 Å². The molecule has 0 aliphatic heterocycles. The van der Waals surface area contributed by atoms with Crippen molar-refractivity contribution in [2.75, 3.05) is 13.2 Å². The second kappa shape index (κ2) is 14.7. The van der Waals surface area contributed by atoms with E-state index in [9.17, 15) is 9.90 Å². The number of ether oxygens (including phenoxy) is 1. The summed E-state index contributed by atoms with van der Waals surface area (Å²) in [6, 6.07) is 32.5. The summed E-state index contributed by atoms with van der Waals surface area (Å²) < 4.78 is 5.77. The number of rotatable bonds is 10. The van der Waals surface area contributed by atoms with E-state index in [1.54, 1.807) is 0 Å². The van der Waals surface area contributed by atoms with Gasteiger partial charge in [-0.25, -0.2) is 9.97 Å². The van der Waals surface area contributed by atoms with Gasteiger partial charge in [0, 0.05) is 22.9 Å². The Hall–Kier alpha value is -4.37. The van der Waals surface area contributed by atoms with Gasteiger partial charge in [0.05, 0.1) is 29.7 Å². The van der Waals surface area contributed by atoms with Gasteiger partial charge in [-0.1, -0.05) is 66.7 Å². The first-order valence-corrected chi connectivity index (χ1v) is 13.4. The molecule has 6 N–H and O–H groups in total. The van der Waals surface area contributed by atoms with Crippen molar-refractivity contribution < 1.29 is 14.6 Å². The number of amides is 1. The van der Waals surface area contributed by atoms with E-state index >= 15 is 0 Å². The SMILES string of the molecule is NCCC[C@@H](N)C(=O)N[C@@H](CO)Cc1ccccc1.c1ccc2nc(Oc3ccc4ccccc4n3)ccc2c1. The Morgan fingerprint density at radius 2 is 1.35 bits per heavy atom. The molecule has 1 amide bonds. The molecule has 0 bridgehead atoms. The van der Waals surface area contributed by atoms with Crippen LogP contribution in [0.3, 0.4) is 0 Å². The van der Waals surface area contributed by atoms with Crippen molar-refractivity contribution in [3.05, 3.63) is 109 Å². The number of carbonyl (C=O) groups is 1. The van der Waals surface area contributed by atoms with E-state index in [4.69, 9.17) is 16.2 Å². The van der Waals surface area contributed by atoms with Gasteiger partial charge in [-0.2, -0.15) is 0 Å². The number of carbonyl (C=O) groups excluding carboxylic acids is 1. The number of pyridine rings is 2. The summed E-state index contributed by atoms with van der Waals surface area (Å²) in [5.74, 6) is 0.872. The van der Waals surface area contributed by atoms with Crippen molar-refractivity contribution in [1.82, 2.24) is 15.3 Å². The highest BCUT2D eigenvalue weighted by atomic mass is 16.5. The third-order valence-electron chi connectivity index (χ3n) is 6.30. The van der Waals surface area contributed by atoms with Gasteiger partial charge in [-0.3, -0.25) is 4.79 Å². The zero-order chi connectivity index (χ0) is 28.2. The quantitative estimate of drug-likeness (QED) is 0.208. The fraction of sp³-hybridized carbons (Fsp3) is 0.219. The molecule has 0 aliphatic carbocycles. The number of aliphatic hydroxyl groups excluding tert-OH is 1. The molecule has 3 aromatic carbocycles. The average molecular weight is 538 g/mol. The Kier molecular flexibility index (Phi) is 10.5. The molecule has 40 heavy (non-hydrogen) atoms. The van der Waals surface area contributed by atoms with E-state index in [1.165, 1.54) is 0 Å². The maximum Gasteiger partial charge on any atom is 0.237 e. The van der Waals surface area contributed by atoms with Gasteiger partial charge in [0.15, 0.2) is 0 Å². The van der Waals surface area contributed by atoms with Crippen molar-refractivity contribution in [1.29, 1.82) is 0 Å². The molecule has 0 unspecified atom stereocenters. The predicted molar refractivity (Wildman–Crippen MR) is 159 cm³/mol. The minimum absolute atomic E-state index is 0.107. The summed E-state index contributed by atoms with van der Waals surface area (Å²) in [4.78, 5) is 20.8. The van der Waals surface area contributed by atoms with Crippen LogP contribution in [0.2, 0.25) is 0 Å². The molecule has 0 spiro atoms. The summed E-state index contributed by atoms with van der Waals surface area (Å²) in [5, 5.41) is 14.3. The lowest BCUT2D eigenvalue weighted by Gasteiger charge is -2.19. The van der Waals surface area contributed by atoms with E-state index in [1.807, 2.05) is 103 Å².